The highest BCUT2D eigenvalue weighted by atomic mass is 32.1. The number of hydrogen-bond acceptors (Lipinski definition) is 7. The number of nitrogens with zero attached hydrogens (tertiary/aromatic N) is 4. The van der Waals surface area contributed by atoms with E-state index in [2.05, 4.69) is 4.98 Å². The Labute approximate surface area is 305 Å². The number of aromatic nitrogens is 1. The van der Waals surface area contributed by atoms with Crippen molar-refractivity contribution < 1.29 is 55.0 Å². The molecule has 0 unspecified atom stereocenters. The number of carbonyl (C=O) groups is 3. The van der Waals surface area contributed by atoms with E-state index in [-0.39, 0.29) is 57.5 Å². The molecule has 9 nitrogen and oxygen atoms in total. The molecule has 4 atom stereocenters. The minimum Gasteiger partial charge on any atom is -0.474 e. The zero-order valence-corrected chi connectivity index (χ0v) is 30.0. The van der Waals surface area contributed by atoms with Crippen LogP contribution in [0.4, 0.5) is 30.7 Å². The maximum atomic E-state index is 15.3. The molecule has 0 saturated carbocycles. The SMILES string of the molecule is CCC[C@H]1N(C(=O)c2ncccc2C(F)(F)F)CCC[C@@]1(Oc1csc(C(F)(F)F)c1)C(=O)N1CCc2ccc(F)cc2[C@@H]1CCN(C)C(=O)[C@@H](C)O. The number of fused-ring (bicyclic) bond motifs is 1. The first-order chi connectivity index (χ1) is 24.9. The smallest absolute Gasteiger partial charge is 0.425 e. The van der Waals surface area contributed by atoms with Crippen LogP contribution >= 0.6 is 11.3 Å². The van der Waals surface area contributed by atoms with Gasteiger partial charge in [0.15, 0.2) is 0 Å². The molecule has 3 amide bonds. The Morgan fingerprint density at radius 3 is 2.45 bits per heavy atom. The summed E-state index contributed by atoms with van der Waals surface area (Å²) in [6.45, 7) is 2.95. The molecule has 17 heteroatoms. The Kier molecular flexibility index (Phi) is 11.8. The van der Waals surface area contributed by atoms with Crippen molar-refractivity contribution >= 4 is 29.1 Å². The van der Waals surface area contributed by atoms with Crippen molar-refractivity contribution in [3.8, 4) is 5.75 Å². The first-order valence-corrected chi connectivity index (χ1v) is 18.0. The molecule has 3 aromatic rings. The van der Waals surface area contributed by atoms with Gasteiger partial charge in [0.05, 0.1) is 17.6 Å². The van der Waals surface area contributed by atoms with Gasteiger partial charge in [-0.15, -0.1) is 11.3 Å². The predicted molar refractivity (Wildman–Crippen MR) is 179 cm³/mol. The molecule has 53 heavy (non-hydrogen) atoms. The van der Waals surface area contributed by atoms with Crippen molar-refractivity contribution in [1.82, 2.24) is 19.7 Å². The van der Waals surface area contributed by atoms with E-state index in [0.717, 1.165) is 28.6 Å². The predicted octanol–water partition coefficient (Wildman–Crippen LogP) is 6.90. The number of benzene rings is 1. The zero-order valence-electron chi connectivity index (χ0n) is 29.1. The lowest BCUT2D eigenvalue weighted by Crippen LogP contribution is -2.68. The van der Waals surface area contributed by atoms with Gasteiger partial charge in [0.2, 0.25) is 5.60 Å². The van der Waals surface area contributed by atoms with Crippen LogP contribution in [0.2, 0.25) is 0 Å². The minimum atomic E-state index is -4.95. The van der Waals surface area contributed by atoms with Crippen LogP contribution in [-0.2, 0) is 28.4 Å². The minimum absolute atomic E-state index is 0.00432. The maximum absolute atomic E-state index is 15.3. The average molecular weight is 773 g/mol. The quantitative estimate of drug-likeness (QED) is 0.225. The average Bonchev–Trinajstić information content (AvgIpc) is 3.59. The lowest BCUT2D eigenvalue weighted by atomic mass is 9.78. The summed E-state index contributed by atoms with van der Waals surface area (Å²) in [6.07, 6.45) is -9.47. The van der Waals surface area contributed by atoms with Crippen LogP contribution in [0.15, 0.2) is 48.0 Å². The fraction of sp³-hybridized carbons (Fsp3) is 0.500. The fourth-order valence-electron chi connectivity index (χ4n) is 7.29. The van der Waals surface area contributed by atoms with Gasteiger partial charge in [0, 0.05) is 50.7 Å². The molecule has 0 spiro atoms. The molecular weight excluding hydrogens is 733 g/mol. The summed E-state index contributed by atoms with van der Waals surface area (Å²) in [6, 6.07) is 4.42. The van der Waals surface area contributed by atoms with E-state index >= 15 is 4.79 Å². The van der Waals surface area contributed by atoms with Gasteiger partial charge < -0.3 is 24.5 Å². The summed E-state index contributed by atoms with van der Waals surface area (Å²) in [5.41, 5.74) is -3.15. The second kappa shape index (κ2) is 15.6. The summed E-state index contributed by atoms with van der Waals surface area (Å²) < 4.78 is 105. The van der Waals surface area contributed by atoms with Crippen molar-refractivity contribution in [1.29, 1.82) is 0 Å². The molecule has 0 bridgehead atoms. The summed E-state index contributed by atoms with van der Waals surface area (Å²) >= 11 is 0.333. The summed E-state index contributed by atoms with van der Waals surface area (Å²) in [7, 11) is 1.45. The number of likely N-dealkylation sites (N-methyl/N-ethyl adjacent to an activating group) is 1. The number of ether oxygens (including phenoxy) is 1. The third-order valence-electron chi connectivity index (χ3n) is 9.71. The second-order valence-electron chi connectivity index (χ2n) is 13.3. The van der Waals surface area contributed by atoms with Crippen LogP contribution in [0.25, 0.3) is 0 Å². The highest BCUT2D eigenvalue weighted by molar-refractivity contribution is 7.10. The number of thiophene rings is 1. The Balaban J connectivity index is 1.64. The lowest BCUT2D eigenvalue weighted by Gasteiger charge is -2.51. The van der Waals surface area contributed by atoms with E-state index in [9.17, 15) is 45.4 Å². The normalized spacial score (nSPS) is 21.2. The number of hydrogen-bond donors (Lipinski definition) is 1. The number of rotatable bonds is 10. The molecule has 1 aromatic carbocycles. The zero-order chi connectivity index (χ0) is 38.9. The molecule has 2 aromatic heterocycles. The standard InChI is InChI=1S/C36H39F7N4O5S/c1-4-7-28-34(52-24-19-29(53-20-24)36(41,42)43,13-6-15-47(28)32(50)30-26(35(38,39)40)8-5-14-44-30)33(51)46-17-11-22-9-10-23(37)18-25(22)27(46)12-16-45(3)31(49)21(2)48/h5,8-10,14,18-21,27-28,48H,4,6-7,11-13,15-17H2,1-3H3/t21-,27+,28-,34+/m1/s1. The fourth-order valence-corrected chi connectivity index (χ4v) is 7.96. The molecule has 1 fully saturated rings. The third-order valence-corrected chi connectivity index (χ3v) is 10.7. The number of alkyl halides is 6. The molecule has 0 radical (unpaired) electrons. The summed E-state index contributed by atoms with van der Waals surface area (Å²) in [5, 5.41) is 10.9. The van der Waals surface area contributed by atoms with Gasteiger partial charge in [-0.25, -0.2) is 4.39 Å². The molecular formula is C36H39F7N4O5S. The second-order valence-corrected chi connectivity index (χ2v) is 14.2. The van der Waals surface area contributed by atoms with Crippen LogP contribution in [0.5, 0.6) is 5.75 Å². The number of likely N-dealkylation sites (tertiary alicyclic amines) is 1. The van der Waals surface area contributed by atoms with E-state index in [4.69, 9.17) is 4.74 Å². The first kappa shape index (κ1) is 39.9. The molecule has 0 aliphatic carbocycles. The number of pyridine rings is 1. The topological polar surface area (TPSA) is 103 Å². The molecule has 5 rings (SSSR count). The molecule has 1 N–H and O–H groups in total. The van der Waals surface area contributed by atoms with Crippen molar-refractivity contribution in [2.75, 3.05) is 26.7 Å². The van der Waals surface area contributed by atoms with Crippen molar-refractivity contribution in [2.45, 2.75) is 88.5 Å². The molecule has 288 valence electrons. The number of halogens is 7. The molecule has 4 heterocycles. The summed E-state index contributed by atoms with van der Waals surface area (Å²) in [5.74, 6) is -3.40. The monoisotopic (exact) mass is 772 g/mol. The van der Waals surface area contributed by atoms with Gasteiger partial charge in [-0.2, -0.15) is 26.3 Å². The Morgan fingerprint density at radius 2 is 1.81 bits per heavy atom. The van der Waals surface area contributed by atoms with Crippen LogP contribution in [0.3, 0.4) is 0 Å². The Morgan fingerprint density at radius 1 is 1.08 bits per heavy atom. The number of aliphatic hydroxyl groups is 1. The van der Waals surface area contributed by atoms with Crippen LogP contribution in [-0.4, -0.2) is 86.9 Å². The van der Waals surface area contributed by atoms with Crippen molar-refractivity contribution in [2.24, 2.45) is 0 Å². The van der Waals surface area contributed by atoms with Gasteiger partial charge >= 0.3 is 12.4 Å². The highest BCUT2D eigenvalue weighted by Crippen LogP contribution is 2.44. The van der Waals surface area contributed by atoms with Gasteiger partial charge in [-0.3, -0.25) is 19.4 Å². The lowest BCUT2D eigenvalue weighted by molar-refractivity contribution is -0.162. The number of amides is 3. The molecule has 2 aliphatic heterocycles. The van der Waals surface area contributed by atoms with Gasteiger partial charge in [0.1, 0.15) is 28.2 Å². The van der Waals surface area contributed by atoms with Gasteiger partial charge in [-0.05, 0) is 68.0 Å². The maximum Gasteiger partial charge on any atom is 0.425 e. The van der Waals surface area contributed by atoms with E-state index in [1.54, 1.807) is 13.0 Å². The molecule has 2 aliphatic rings. The Bertz CT molecular complexity index is 1820. The molecule has 1 saturated heterocycles. The van der Waals surface area contributed by atoms with E-state index in [1.807, 2.05) is 0 Å². The van der Waals surface area contributed by atoms with E-state index in [0.29, 0.717) is 35.0 Å². The van der Waals surface area contributed by atoms with Crippen LogP contribution in [0.1, 0.15) is 84.0 Å². The Hall–Kier alpha value is -4.25. The van der Waals surface area contributed by atoms with Gasteiger partial charge in [-0.1, -0.05) is 19.4 Å². The van der Waals surface area contributed by atoms with E-state index < -0.39 is 75.8 Å². The third kappa shape index (κ3) is 8.30. The van der Waals surface area contributed by atoms with E-state index in [1.165, 1.54) is 35.9 Å². The number of piperidine rings is 1. The highest BCUT2D eigenvalue weighted by Gasteiger charge is 2.57. The van der Waals surface area contributed by atoms with Crippen molar-refractivity contribution in [3.05, 3.63) is 81.1 Å². The largest absolute Gasteiger partial charge is 0.474 e. The first-order valence-electron chi connectivity index (χ1n) is 17.1. The van der Waals surface area contributed by atoms with Crippen LogP contribution < -0.4 is 4.74 Å². The van der Waals surface area contributed by atoms with Gasteiger partial charge in [0.25, 0.3) is 17.7 Å². The number of carbonyl (C=O) groups excluding carboxylic acids is 3. The van der Waals surface area contributed by atoms with Crippen molar-refractivity contribution in [3.63, 3.8) is 0 Å². The summed E-state index contributed by atoms with van der Waals surface area (Å²) in [4.78, 5) is 48.5. The number of aliphatic hydroxyl groups excluding tert-OH is 1. The van der Waals surface area contributed by atoms with Crippen LogP contribution in [0, 0.1) is 5.82 Å².